The molecule has 0 radical (unpaired) electrons. The smallest absolute Gasteiger partial charge is 0.181 e. The second-order valence-corrected chi connectivity index (χ2v) is 4.79. The fourth-order valence-corrected chi connectivity index (χ4v) is 1.99. The van der Waals surface area contributed by atoms with Crippen LogP contribution in [0.25, 0.3) is 0 Å². The van der Waals surface area contributed by atoms with Crippen molar-refractivity contribution in [2.45, 2.75) is 6.92 Å². The number of rotatable bonds is 2. The van der Waals surface area contributed by atoms with Gasteiger partial charge in [0.25, 0.3) is 0 Å². The fourth-order valence-electron chi connectivity index (χ4n) is 1.58. The van der Waals surface area contributed by atoms with Crippen molar-refractivity contribution < 1.29 is 9.13 Å². The van der Waals surface area contributed by atoms with Gasteiger partial charge in [-0.25, -0.2) is 4.39 Å². The molecular weight excluding hydrogens is 311 g/mol. The maximum absolute atomic E-state index is 14.0. The Morgan fingerprint density at radius 2 is 1.95 bits per heavy atom. The summed E-state index contributed by atoms with van der Waals surface area (Å²) >= 11 is 3.03. The van der Waals surface area contributed by atoms with Crippen LogP contribution in [0.3, 0.4) is 0 Å². The summed E-state index contributed by atoms with van der Waals surface area (Å²) < 4.78 is 19.5. The number of hydrogen-bond acceptors (Lipinski definition) is 3. The molecule has 0 atom stereocenters. The predicted octanol–water partition coefficient (Wildman–Crippen LogP) is 4.14. The molecule has 0 aliphatic heterocycles. The molecule has 0 fully saturated rings. The molecule has 3 nitrogen and oxygen atoms in total. The van der Waals surface area contributed by atoms with Crippen LogP contribution >= 0.6 is 15.9 Å². The van der Waals surface area contributed by atoms with E-state index in [9.17, 15) is 4.39 Å². The summed E-state index contributed by atoms with van der Waals surface area (Å²) in [6.45, 7) is 1.90. The van der Waals surface area contributed by atoms with Gasteiger partial charge in [-0.3, -0.25) is 0 Å². The van der Waals surface area contributed by atoms with Crippen molar-refractivity contribution in [1.29, 1.82) is 5.26 Å². The number of halogens is 2. The van der Waals surface area contributed by atoms with E-state index in [1.165, 1.54) is 12.1 Å². The molecule has 0 heterocycles. The summed E-state index contributed by atoms with van der Waals surface area (Å²) in [5.74, 6) is -0.235. The Balaban J connectivity index is 2.39. The normalized spacial score (nSPS) is 10.0. The van der Waals surface area contributed by atoms with E-state index in [0.29, 0.717) is 11.4 Å². The average molecular weight is 321 g/mol. The molecular formula is C14H10BrFN2O. The summed E-state index contributed by atoms with van der Waals surface area (Å²) in [5.41, 5.74) is 7.43. The number of nitrogens with zero attached hydrogens (tertiary/aromatic N) is 1. The van der Waals surface area contributed by atoms with Gasteiger partial charge in [-0.1, -0.05) is 6.07 Å². The van der Waals surface area contributed by atoms with Gasteiger partial charge in [0.05, 0.1) is 15.7 Å². The first-order valence-electron chi connectivity index (χ1n) is 5.45. The molecule has 0 unspecified atom stereocenters. The Morgan fingerprint density at radius 1 is 1.26 bits per heavy atom. The lowest BCUT2D eigenvalue weighted by atomic mass is 10.2. The predicted molar refractivity (Wildman–Crippen MR) is 74.5 cm³/mol. The van der Waals surface area contributed by atoms with Crippen molar-refractivity contribution in [1.82, 2.24) is 0 Å². The third-order valence-electron chi connectivity index (χ3n) is 2.55. The molecule has 19 heavy (non-hydrogen) atoms. The summed E-state index contributed by atoms with van der Waals surface area (Å²) in [4.78, 5) is 0. The molecule has 0 aromatic heterocycles. The Hall–Kier alpha value is -2.06. The molecule has 2 rings (SSSR count). The van der Waals surface area contributed by atoms with E-state index in [2.05, 4.69) is 15.9 Å². The number of anilines is 1. The van der Waals surface area contributed by atoms with E-state index >= 15 is 0 Å². The highest BCUT2D eigenvalue weighted by molar-refractivity contribution is 9.10. The number of nitriles is 1. The minimum absolute atomic E-state index is 0.0152. The number of ether oxygens (including phenoxy) is 1. The molecule has 0 saturated carbocycles. The van der Waals surface area contributed by atoms with Gasteiger partial charge in [0.1, 0.15) is 11.8 Å². The third kappa shape index (κ3) is 2.69. The molecule has 0 spiro atoms. The first-order chi connectivity index (χ1) is 9.02. The van der Waals surface area contributed by atoms with Crippen LogP contribution in [0.2, 0.25) is 0 Å². The topological polar surface area (TPSA) is 59.0 Å². The van der Waals surface area contributed by atoms with Gasteiger partial charge < -0.3 is 10.5 Å². The molecule has 2 aromatic rings. The van der Waals surface area contributed by atoms with E-state index < -0.39 is 5.82 Å². The first kappa shape index (κ1) is 13.4. The van der Waals surface area contributed by atoms with Gasteiger partial charge in [-0.15, -0.1) is 0 Å². The second kappa shape index (κ2) is 5.29. The fraction of sp³-hybridized carbons (Fsp3) is 0.0714. The van der Waals surface area contributed by atoms with Crippen LogP contribution in [0.4, 0.5) is 10.1 Å². The lowest BCUT2D eigenvalue weighted by molar-refractivity contribution is 0.442. The zero-order valence-corrected chi connectivity index (χ0v) is 11.7. The minimum atomic E-state index is -0.626. The zero-order chi connectivity index (χ0) is 14.0. The van der Waals surface area contributed by atoms with E-state index in [0.717, 1.165) is 5.56 Å². The number of nitrogens with two attached hydrogens (primary N) is 1. The molecule has 96 valence electrons. The summed E-state index contributed by atoms with van der Waals surface area (Å²) in [7, 11) is 0. The lowest BCUT2D eigenvalue weighted by Crippen LogP contribution is -1.95. The maximum atomic E-state index is 14.0. The van der Waals surface area contributed by atoms with Crippen LogP contribution in [0, 0.1) is 24.1 Å². The largest absolute Gasteiger partial charge is 0.452 e. The third-order valence-corrected chi connectivity index (χ3v) is 3.33. The van der Waals surface area contributed by atoms with Crippen LogP contribution < -0.4 is 10.5 Å². The van der Waals surface area contributed by atoms with E-state index in [-0.39, 0.29) is 15.8 Å². The zero-order valence-electron chi connectivity index (χ0n) is 10.1. The van der Waals surface area contributed by atoms with Gasteiger partial charge in [0, 0.05) is 0 Å². The Morgan fingerprint density at radius 3 is 2.58 bits per heavy atom. The van der Waals surface area contributed by atoms with E-state index in [4.69, 9.17) is 15.7 Å². The molecule has 0 amide bonds. The first-order valence-corrected chi connectivity index (χ1v) is 6.24. The van der Waals surface area contributed by atoms with Crippen molar-refractivity contribution >= 4 is 21.6 Å². The standard InChI is InChI=1S/C14H10BrFN2O/c1-8-2-4-11(10(18)6-8)19-12-5-3-9(7-17)13(15)14(12)16/h2-6H,18H2,1H3. The van der Waals surface area contributed by atoms with Crippen molar-refractivity contribution in [3.8, 4) is 17.6 Å². The van der Waals surface area contributed by atoms with E-state index in [1.807, 2.05) is 19.1 Å². The number of aryl methyl sites for hydroxylation is 1. The Kier molecular flexibility index (Phi) is 3.72. The van der Waals surface area contributed by atoms with E-state index in [1.54, 1.807) is 12.1 Å². The molecule has 0 aliphatic rings. The van der Waals surface area contributed by atoms with Gasteiger partial charge in [0.2, 0.25) is 0 Å². The number of benzene rings is 2. The molecule has 5 heteroatoms. The van der Waals surface area contributed by atoms with Gasteiger partial charge in [0.15, 0.2) is 11.6 Å². The lowest BCUT2D eigenvalue weighted by Gasteiger charge is -2.11. The van der Waals surface area contributed by atoms with Crippen LogP contribution in [-0.4, -0.2) is 0 Å². The highest BCUT2D eigenvalue weighted by Gasteiger charge is 2.13. The van der Waals surface area contributed by atoms with Crippen LogP contribution in [0.5, 0.6) is 11.5 Å². The van der Waals surface area contributed by atoms with Crippen LogP contribution in [0.15, 0.2) is 34.8 Å². The monoisotopic (exact) mass is 320 g/mol. The summed E-state index contributed by atoms with van der Waals surface area (Å²) in [5, 5.41) is 8.79. The Labute approximate surface area is 118 Å². The number of nitrogen functional groups attached to an aromatic ring is 1. The van der Waals surface area contributed by atoms with Crippen molar-refractivity contribution in [2.75, 3.05) is 5.73 Å². The number of hydrogen-bond donors (Lipinski definition) is 1. The van der Waals surface area contributed by atoms with Gasteiger partial charge in [-0.2, -0.15) is 5.26 Å². The average Bonchev–Trinajstić information content (AvgIpc) is 2.38. The van der Waals surface area contributed by atoms with Crippen molar-refractivity contribution in [3.63, 3.8) is 0 Å². The van der Waals surface area contributed by atoms with Crippen molar-refractivity contribution in [3.05, 3.63) is 51.7 Å². The SMILES string of the molecule is Cc1ccc(Oc2ccc(C#N)c(Br)c2F)c(N)c1. The van der Waals surface area contributed by atoms with Gasteiger partial charge >= 0.3 is 0 Å². The molecule has 0 bridgehead atoms. The summed E-state index contributed by atoms with van der Waals surface area (Å²) in [6.07, 6.45) is 0. The van der Waals surface area contributed by atoms with Crippen LogP contribution in [0.1, 0.15) is 11.1 Å². The van der Waals surface area contributed by atoms with Crippen LogP contribution in [-0.2, 0) is 0 Å². The molecule has 2 N–H and O–H groups in total. The quantitative estimate of drug-likeness (QED) is 0.846. The highest BCUT2D eigenvalue weighted by atomic mass is 79.9. The summed E-state index contributed by atoms with van der Waals surface area (Å²) in [6, 6.07) is 10.00. The second-order valence-electron chi connectivity index (χ2n) is 3.99. The molecule has 0 aliphatic carbocycles. The molecule has 2 aromatic carbocycles. The minimum Gasteiger partial charge on any atom is -0.452 e. The van der Waals surface area contributed by atoms with Gasteiger partial charge in [-0.05, 0) is 52.7 Å². The highest BCUT2D eigenvalue weighted by Crippen LogP contribution is 2.33. The maximum Gasteiger partial charge on any atom is 0.181 e. The van der Waals surface area contributed by atoms with Crippen molar-refractivity contribution in [2.24, 2.45) is 0 Å². The Bertz CT molecular complexity index is 680. The molecule has 0 saturated heterocycles.